The van der Waals surface area contributed by atoms with Crippen molar-refractivity contribution in [2.45, 2.75) is 6.18 Å². The molecule has 2 amide bonds. The molecule has 0 aromatic heterocycles. The van der Waals surface area contributed by atoms with Gasteiger partial charge in [-0.05, 0) is 36.4 Å². The Morgan fingerprint density at radius 2 is 1.75 bits per heavy atom. The highest BCUT2D eigenvalue weighted by atomic mass is 35.5. The lowest BCUT2D eigenvalue weighted by molar-refractivity contribution is -0.138. The van der Waals surface area contributed by atoms with Crippen LogP contribution in [0.1, 0.15) is 5.56 Å². The molecule has 4 nitrogen and oxygen atoms in total. The van der Waals surface area contributed by atoms with Gasteiger partial charge in [0.05, 0.1) is 5.02 Å². The van der Waals surface area contributed by atoms with E-state index < -0.39 is 23.5 Å². The Morgan fingerprint density at radius 1 is 1.12 bits per heavy atom. The first-order chi connectivity index (χ1) is 11.2. The van der Waals surface area contributed by atoms with Crippen molar-refractivity contribution in [3.63, 3.8) is 0 Å². The van der Waals surface area contributed by atoms with E-state index in [-0.39, 0.29) is 15.8 Å². The summed E-state index contributed by atoms with van der Waals surface area (Å²) in [5.74, 6) is -0.423. The summed E-state index contributed by atoms with van der Waals surface area (Å²) in [5.41, 5.74) is -0.632. The van der Waals surface area contributed by atoms with Gasteiger partial charge in [-0.2, -0.15) is 13.2 Å². The number of hydrogen-bond acceptors (Lipinski definition) is 2. The zero-order chi connectivity index (χ0) is 17.9. The topological polar surface area (TPSA) is 50.4 Å². The predicted octanol–water partition coefficient (Wildman–Crippen LogP) is 5.56. The lowest BCUT2D eigenvalue weighted by Gasteiger charge is -2.16. The third-order valence-corrected chi connectivity index (χ3v) is 3.37. The van der Waals surface area contributed by atoms with Crippen molar-refractivity contribution in [3.05, 3.63) is 52.0 Å². The van der Waals surface area contributed by atoms with Crippen LogP contribution in [0.25, 0.3) is 0 Å². The molecule has 0 radical (unpaired) electrons. The minimum Gasteiger partial charge on any atom is -0.455 e. The third-order valence-electron chi connectivity index (χ3n) is 2.87. The van der Waals surface area contributed by atoms with E-state index in [2.05, 4.69) is 10.6 Å². The van der Waals surface area contributed by atoms with Gasteiger partial charge >= 0.3 is 12.2 Å². The van der Waals surface area contributed by atoms with Crippen molar-refractivity contribution < 1.29 is 22.7 Å². The molecule has 128 valence electrons. The highest BCUT2D eigenvalue weighted by molar-refractivity contribution is 6.35. The second kappa shape index (κ2) is 7.19. The van der Waals surface area contributed by atoms with Gasteiger partial charge in [0.2, 0.25) is 0 Å². The van der Waals surface area contributed by atoms with E-state index in [1.54, 1.807) is 0 Å². The van der Waals surface area contributed by atoms with Gasteiger partial charge in [-0.15, -0.1) is 0 Å². The Hall–Kier alpha value is -2.12. The SMILES string of the molecule is CNC(=O)Nc1ccc(Oc2c(Cl)cc(Cl)cc2C(F)(F)F)cc1. The van der Waals surface area contributed by atoms with Crippen molar-refractivity contribution in [2.24, 2.45) is 0 Å². The maximum absolute atomic E-state index is 13.1. The van der Waals surface area contributed by atoms with Crippen molar-refractivity contribution in [3.8, 4) is 11.5 Å². The zero-order valence-corrected chi connectivity index (χ0v) is 13.7. The van der Waals surface area contributed by atoms with Gasteiger partial charge in [0.15, 0.2) is 5.75 Å². The molecule has 0 atom stereocenters. The quantitative estimate of drug-likeness (QED) is 0.734. The van der Waals surface area contributed by atoms with E-state index in [0.29, 0.717) is 5.69 Å². The fourth-order valence-corrected chi connectivity index (χ4v) is 2.32. The molecular weight excluding hydrogens is 368 g/mol. The molecule has 9 heteroatoms. The second-order valence-electron chi connectivity index (χ2n) is 4.59. The number of urea groups is 1. The van der Waals surface area contributed by atoms with Gasteiger partial charge in [-0.25, -0.2) is 4.79 Å². The standard InChI is InChI=1S/C15H11Cl2F3N2O2/c1-21-14(23)22-9-2-4-10(5-3-9)24-13-11(15(18,19)20)6-8(16)7-12(13)17/h2-7H,1H3,(H2,21,22,23). The van der Waals surface area contributed by atoms with Gasteiger partial charge in [-0.1, -0.05) is 23.2 Å². The Kier molecular flexibility index (Phi) is 5.46. The first kappa shape index (κ1) is 18.2. The number of hydrogen-bond donors (Lipinski definition) is 2. The van der Waals surface area contributed by atoms with E-state index in [1.807, 2.05) is 0 Å². The van der Waals surface area contributed by atoms with Crippen LogP contribution in [0.5, 0.6) is 11.5 Å². The monoisotopic (exact) mass is 378 g/mol. The number of ether oxygens (including phenoxy) is 1. The highest BCUT2D eigenvalue weighted by Gasteiger charge is 2.36. The summed E-state index contributed by atoms with van der Waals surface area (Å²) in [7, 11) is 1.45. The molecule has 0 fully saturated rings. The maximum atomic E-state index is 13.1. The van der Waals surface area contributed by atoms with Gasteiger partial charge in [0, 0.05) is 17.8 Å². The van der Waals surface area contributed by atoms with Crippen LogP contribution in [-0.2, 0) is 6.18 Å². The number of amides is 2. The van der Waals surface area contributed by atoms with Gasteiger partial charge < -0.3 is 15.4 Å². The Labute approximate surface area is 145 Å². The summed E-state index contributed by atoms with van der Waals surface area (Å²) in [6, 6.07) is 7.22. The number of anilines is 1. The molecule has 0 saturated carbocycles. The van der Waals surface area contributed by atoms with Gasteiger partial charge in [0.25, 0.3) is 0 Å². The fourth-order valence-electron chi connectivity index (χ4n) is 1.79. The number of alkyl halides is 3. The molecule has 0 heterocycles. The van der Waals surface area contributed by atoms with Crippen LogP contribution >= 0.6 is 23.2 Å². The number of nitrogens with one attached hydrogen (secondary N) is 2. The van der Waals surface area contributed by atoms with Gasteiger partial charge in [-0.3, -0.25) is 0 Å². The molecule has 0 aliphatic heterocycles. The zero-order valence-electron chi connectivity index (χ0n) is 12.2. The van der Waals surface area contributed by atoms with Crippen molar-refractivity contribution >= 4 is 34.9 Å². The van der Waals surface area contributed by atoms with Crippen LogP contribution in [0.4, 0.5) is 23.7 Å². The van der Waals surface area contributed by atoms with Gasteiger partial charge in [0.1, 0.15) is 11.3 Å². The molecule has 0 bridgehead atoms. The minimum absolute atomic E-state index is 0.118. The van der Waals surface area contributed by atoms with Crippen LogP contribution in [0.15, 0.2) is 36.4 Å². The molecule has 2 aromatic rings. The molecule has 24 heavy (non-hydrogen) atoms. The first-order valence-electron chi connectivity index (χ1n) is 6.53. The predicted molar refractivity (Wildman–Crippen MR) is 86.1 cm³/mol. The average Bonchev–Trinajstić information content (AvgIpc) is 2.50. The minimum atomic E-state index is -4.68. The summed E-state index contributed by atoms with van der Waals surface area (Å²) in [4.78, 5) is 11.2. The van der Waals surface area contributed by atoms with Crippen LogP contribution in [-0.4, -0.2) is 13.1 Å². The summed E-state index contributed by atoms with van der Waals surface area (Å²) >= 11 is 11.5. The number of carbonyl (C=O) groups excluding carboxylic acids is 1. The van der Waals surface area contributed by atoms with Crippen LogP contribution in [0, 0.1) is 0 Å². The van der Waals surface area contributed by atoms with Crippen LogP contribution in [0.2, 0.25) is 10.0 Å². The summed E-state index contributed by atoms with van der Waals surface area (Å²) in [5, 5.41) is 4.47. The Balaban J connectivity index is 2.30. The van der Waals surface area contributed by atoms with Crippen molar-refractivity contribution in [1.82, 2.24) is 5.32 Å². The molecule has 2 aromatic carbocycles. The average molecular weight is 379 g/mol. The third kappa shape index (κ3) is 4.46. The number of carbonyl (C=O) groups is 1. The smallest absolute Gasteiger partial charge is 0.420 e. The lowest BCUT2D eigenvalue weighted by Crippen LogP contribution is -2.24. The largest absolute Gasteiger partial charge is 0.455 e. The molecule has 2 rings (SSSR count). The van der Waals surface area contributed by atoms with E-state index in [9.17, 15) is 18.0 Å². The van der Waals surface area contributed by atoms with Crippen LogP contribution < -0.4 is 15.4 Å². The van der Waals surface area contributed by atoms with Crippen LogP contribution in [0.3, 0.4) is 0 Å². The second-order valence-corrected chi connectivity index (χ2v) is 5.44. The lowest BCUT2D eigenvalue weighted by atomic mass is 10.2. The van der Waals surface area contributed by atoms with E-state index in [4.69, 9.17) is 27.9 Å². The van der Waals surface area contributed by atoms with E-state index in [0.717, 1.165) is 12.1 Å². The van der Waals surface area contributed by atoms with Crippen molar-refractivity contribution in [1.29, 1.82) is 0 Å². The molecule has 0 unspecified atom stereocenters. The molecule has 2 N–H and O–H groups in total. The van der Waals surface area contributed by atoms with Crippen molar-refractivity contribution in [2.75, 3.05) is 12.4 Å². The summed E-state index contributed by atoms with van der Waals surface area (Å²) in [6.45, 7) is 0. The summed E-state index contributed by atoms with van der Waals surface area (Å²) < 4.78 is 44.6. The molecule has 0 aliphatic rings. The summed E-state index contributed by atoms with van der Waals surface area (Å²) in [6.07, 6.45) is -4.68. The first-order valence-corrected chi connectivity index (χ1v) is 7.29. The normalized spacial score (nSPS) is 11.1. The number of halogens is 5. The Morgan fingerprint density at radius 3 is 2.29 bits per heavy atom. The fraction of sp³-hybridized carbons (Fsp3) is 0.133. The van der Waals surface area contributed by atoms with E-state index >= 15 is 0 Å². The highest BCUT2D eigenvalue weighted by Crippen LogP contribution is 2.44. The molecular formula is C15H11Cl2F3N2O2. The van der Waals surface area contributed by atoms with E-state index in [1.165, 1.54) is 31.3 Å². The maximum Gasteiger partial charge on any atom is 0.420 e. The molecule has 0 saturated heterocycles. The Bertz CT molecular complexity index is 750. The number of benzene rings is 2. The number of rotatable bonds is 3. The molecule has 0 spiro atoms. The molecule has 0 aliphatic carbocycles.